The van der Waals surface area contributed by atoms with Gasteiger partial charge in [0.1, 0.15) is 16.8 Å². The molecule has 0 aliphatic rings. The summed E-state index contributed by atoms with van der Waals surface area (Å²) in [6.45, 7) is 0.152. The molecule has 2 heterocycles. The molecule has 1 amide bonds. The van der Waals surface area contributed by atoms with Gasteiger partial charge >= 0.3 is 6.18 Å². The van der Waals surface area contributed by atoms with Crippen LogP contribution < -0.4 is 10.6 Å². The van der Waals surface area contributed by atoms with Crippen LogP contribution in [0.4, 0.5) is 29.1 Å². The van der Waals surface area contributed by atoms with Gasteiger partial charge in [0.2, 0.25) is 0 Å². The van der Waals surface area contributed by atoms with Gasteiger partial charge in [0.15, 0.2) is 0 Å². The van der Waals surface area contributed by atoms with E-state index in [0.29, 0.717) is 23.0 Å². The molecule has 10 heteroatoms. The molecule has 0 saturated carbocycles. The van der Waals surface area contributed by atoms with Gasteiger partial charge in [0, 0.05) is 24.6 Å². The first kappa shape index (κ1) is 20.5. The summed E-state index contributed by atoms with van der Waals surface area (Å²) in [7, 11) is 0. The van der Waals surface area contributed by atoms with E-state index in [0.717, 1.165) is 12.1 Å². The maximum Gasteiger partial charge on any atom is 0.417 e. The number of pyridine rings is 2. The molecule has 0 bridgehead atoms. The zero-order valence-corrected chi connectivity index (χ0v) is 15.4. The van der Waals surface area contributed by atoms with Crippen molar-refractivity contribution in [3.05, 3.63) is 82.5 Å². The van der Waals surface area contributed by atoms with Crippen molar-refractivity contribution in [1.82, 2.24) is 9.97 Å². The van der Waals surface area contributed by atoms with Crippen molar-refractivity contribution in [2.75, 3.05) is 10.6 Å². The first-order valence-electron chi connectivity index (χ1n) is 8.21. The molecule has 29 heavy (non-hydrogen) atoms. The van der Waals surface area contributed by atoms with Crippen molar-refractivity contribution in [2.24, 2.45) is 0 Å². The average molecular weight is 425 g/mol. The Balaban J connectivity index is 1.87. The minimum absolute atomic E-state index is 0.0486. The second-order valence-electron chi connectivity index (χ2n) is 5.92. The van der Waals surface area contributed by atoms with Gasteiger partial charge in [0.05, 0.1) is 11.1 Å². The van der Waals surface area contributed by atoms with Crippen LogP contribution in [-0.2, 0) is 12.7 Å². The smallest absolute Gasteiger partial charge is 0.365 e. The Morgan fingerprint density at radius 2 is 1.76 bits per heavy atom. The summed E-state index contributed by atoms with van der Waals surface area (Å²) >= 11 is 5.72. The van der Waals surface area contributed by atoms with Gasteiger partial charge < -0.3 is 10.6 Å². The molecule has 3 rings (SSSR count). The van der Waals surface area contributed by atoms with E-state index in [1.54, 1.807) is 12.1 Å². The first-order chi connectivity index (χ1) is 13.7. The number of aromatic nitrogens is 2. The summed E-state index contributed by atoms with van der Waals surface area (Å²) in [5.74, 6) is -1.39. The normalized spacial score (nSPS) is 11.2. The van der Waals surface area contributed by atoms with Crippen LogP contribution in [0.3, 0.4) is 0 Å². The number of benzene rings is 1. The van der Waals surface area contributed by atoms with E-state index in [1.165, 1.54) is 18.3 Å². The Hall–Kier alpha value is -3.20. The molecule has 0 atom stereocenters. The minimum atomic E-state index is -4.67. The average Bonchev–Trinajstić information content (AvgIpc) is 2.68. The standard InChI is InChI=1S/C19H13ClF4N4O/c20-16-6-1-11(8-25-16)9-26-17-15(7-12(10-27-17)19(22,23)24)18(29)28-14-4-2-13(21)3-5-14/h1-8,10H,9H2,(H,26,27)(H,28,29). The number of hydrogen-bond donors (Lipinski definition) is 2. The lowest BCUT2D eigenvalue weighted by Crippen LogP contribution is -2.18. The van der Waals surface area contributed by atoms with E-state index in [9.17, 15) is 22.4 Å². The highest BCUT2D eigenvalue weighted by Crippen LogP contribution is 2.31. The topological polar surface area (TPSA) is 66.9 Å². The Morgan fingerprint density at radius 3 is 2.38 bits per heavy atom. The minimum Gasteiger partial charge on any atom is -0.365 e. The molecule has 0 aliphatic heterocycles. The second kappa shape index (κ2) is 8.44. The highest BCUT2D eigenvalue weighted by Gasteiger charge is 2.32. The Labute approximate surface area is 167 Å². The molecule has 150 valence electrons. The van der Waals surface area contributed by atoms with Gasteiger partial charge in [0.25, 0.3) is 5.91 Å². The van der Waals surface area contributed by atoms with Crippen LogP contribution in [0.15, 0.2) is 54.9 Å². The number of carbonyl (C=O) groups is 1. The van der Waals surface area contributed by atoms with Crippen molar-refractivity contribution in [1.29, 1.82) is 0 Å². The lowest BCUT2D eigenvalue weighted by molar-refractivity contribution is -0.137. The van der Waals surface area contributed by atoms with E-state index in [1.807, 2.05) is 0 Å². The van der Waals surface area contributed by atoms with Crippen LogP contribution in [0, 0.1) is 5.82 Å². The third-order valence-electron chi connectivity index (χ3n) is 3.81. The SMILES string of the molecule is O=C(Nc1ccc(F)cc1)c1cc(C(F)(F)F)cnc1NCc1ccc(Cl)nc1. The zero-order valence-electron chi connectivity index (χ0n) is 14.6. The molecule has 2 N–H and O–H groups in total. The molecule has 5 nitrogen and oxygen atoms in total. The van der Waals surface area contributed by atoms with Crippen LogP contribution >= 0.6 is 11.6 Å². The second-order valence-corrected chi connectivity index (χ2v) is 6.31. The van der Waals surface area contributed by atoms with Gasteiger partial charge in [-0.05, 0) is 42.0 Å². The highest BCUT2D eigenvalue weighted by atomic mass is 35.5. The van der Waals surface area contributed by atoms with E-state index in [-0.39, 0.29) is 23.6 Å². The number of nitrogens with one attached hydrogen (secondary N) is 2. The van der Waals surface area contributed by atoms with Crippen LogP contribution in [0.25, 0.3) is 0 Å². The van der Waals surface area contributed by atoms with E-state index in [2.05, 4.69) is 20.6 Å². The fourth-order valence-corrected chi connectivity index (χ4v) is 2.47. The Kier molecular flexibility index (Phi) is 5.97. The van der Waals surface area contributed by atoms with Gasteiger partial charge in [-0.2, -0.15) is 13.2 Å². The van der Waals surface area contributed by atoms with E-state index in [4.69, 9.17) is 11.6 Å². The predicted octanol–water partition coefficient (Wildman–Crippen LogP) is 5.15. The van der Waals surface area contributed by atoms with Crippen molar-refractivity contribution in [3.63, 3.8) is 0 Å². The number of halogens is 5. The highest BCUT2D eigenvalue weighted by molar-refractivity contribution is 6.29. The largest absolute Gasteiger partial charge is 0.417 e. The van der Waals surface area contributed by atoms with Crippen molar-refractivity contribution >= 4 is 29.0 Å². The Bertz CT molecular complexity index is 1010. The summed E-state index contributed by atoms with van der Waals surface area (Å²) in [5, 5.41) is 5.54. The molecule has 2 aromatic heterocycles. The molecule has 0 aliphatic carbocycles. The molecular formula is C19H13ClF4N4O. The zero-order chi connectivity index (χ0) is 21.0. The summed E-state index contributed by atoms with van der Waals surface area (Å²) in [6, 6.07) is 8.75. The Morgan fingerprint density at radius 1 is 1.03 bits per heavy atom. The molecule has 3 aromatic rings. The van der Waals surface area contributed by atoms with Gasteiger partial charge in [-0.25, -0.2) is 14.4 Å². The van der Waals surface area contributed by atoms with Gasteiger partial charge in [-0.1, -0.05) is 17.7 Å². The number of amides is 1. The van der Waals surface area contributed by atoms with Crippen molar-refractivity contribution < 1.29 is 22.4 Å². The van der Waals surface area contributed by atoms with Crippen molar-refractivity contribution in [3.8, 4) is 0 Å². The van der Waals surface area contributed by atoms with Crippen LogP contribution in [0.5, 0.6) is 0 Å². The lowest BCUT2D eigenvalue weighted by atomic mass is 10.1. The fraction of sp³-hybridized carbons (Fsp3) is 0.105. The van der Waals surface area contributed by atoms with Crippen molar-refractivity contribution in [2.45, 2.75) is 12.7 Å². The maximum atomic E-state index is 13.1. The van der Waals surface area contributed by atoms with E-state index >= 15 is 0 Å². The van der Waals surface area contributed by atoms with E-state index < -0.39 is 23.5 Å². The maximum absolute atomic E-state index is 13.1. The first-order valence-corrected chi connectivity index (χ1v) is 8.58. The number of carbonyl (C=O) groups excluding carboxylic acids is 1. The third kappa shape index (κ3) is 5.41. The number of alkyl halides is 3. The predicted molar refractivity (Wildman–Crippen MR) is 100 cm³/mol. The molecular weight excluding hydrogens is 412 g/mol. The number of nitrogens with zero attached hydrogens (tertiary/aromatic N) is 2. The quantitative estimate of drug-likeness (QED) is 0.439. The molecule has 1 aromatic carbocycles. The number of rotatable bonds is 5. The fourth-order valence-electron chi connectivity index (χ4n) is 2.36. The van der Waals surface area contributed by atoms with Crippen LogP contribution in [-0.4, -0.2) is 15.9 Å². The number of anilines is 2. The number of hydrogen-bond acceptors (Lipinski definition) is 4. The lowest BCUT2D eigenvalue weighted by Gasteiger charge is -2.14. The van der Waals surface area contributed by atoms with Crippen LogP contribution in [0.2, 0.25) is 5.15 Å². The molecule has 0 fully saturated rings. The van der Waals surface area contributed by atoms with Gasteiger partial charge in [-0.3, -0.25) is 4.79 Å². The van der Waals surface area contributed by atoms with Gasteiger partial charge in [-0.15, -0.1) is 0 Å². The third-order valence-corrected chi connectivity index (χ3v) is 4.03. The summed E-state index contributed by atoms with van der Waals surface area (Å²) in [5.41, 5.74) is -0.478. The summed E-state index contributed by atoms with van der Waals surface area (Å²) < 4.78 is 52.2. The van der Waals surface area contributed by atoms with Crippen LogP contribution in [0.1, 0.15) is 21.5 Å². The molecule has 0 spiro atoms. The molecule has 0 unspecified atom stereocenters. The monoisotopic (exact) mass is 424 g/mol. The summed E-state index contributed by atoms with van der Waals surface area (Å²) in [4.78, 5) is 20.2. The summed E-state index contributed by atoms with van der Waals surface area (Å²) in [6.07, 6.45) is -2.55. The molecule has 0 radical (unpaired) electrons. The molecule has 0 saturated heterocycles.